The molecule has 0 aliphatic carbocycles. The van der Waals surface area contributed by atoms with E-state index in [1.807, 2.05) is 107 Å². The van der Waals surface area contributed by atoms with Crippen molar-refractivity contribution in [2.45, 2.75) is 39.9 Å². The fourth-order valence-corrected chi connectivity index (χ4v) is 5.01. The fraction of sp³-hybridized carbons (Fsp3) is 0.233. The lowest BCUT2D eigenvalue weighted by Crippen LogP contribution is -2.16. The standard InChI is InChI=1S/C30H30N2O4S/c1-19(2)28(35-18-33)25-14-10-23(11-15-25)24-12-16-26(17-13-24)29-27(20(3)32-37-29)31-30(34)36-21(4)22-8-6-5-7-9-22/h5-19,21,28H,1-4H3,(H,31,34)/t21-,28-/m1/s1. The Balaban J connectivity index is 1.48. The van der Waals surface area contributed by atoms with Crippen LogP contribution in [0.3, 0.4) is 0 Å². The molecule has 6 nitrogen and oxygen atoms in total. The first-order valence-corrected chi connectivity index (χ1v) is 12.9. The molecular weight excluding hydrogens is 484 g/mol. The van der Waals surface area contributed by atoms with Crippen LogP contribution in [0.2, 0.25) is 0 Å². The van der Waals surface area contributed by atoms with Gasteiger partial charge in [-0.25, -0.2) is 4.79 Å². The van der Waals surface area contributed by atoms with Crippen molar-refractivity contribution in [1.29, 1.82) is 0 Å². The van der Waals surface area contributed by atoms with Gasteiger partial charge in [0.15, 0.2) is 0 Å². The van der Waals surface area contributed by atoms with Crippen molar-refractivity contribution >= 4 is 29.8 Å². The van der Waals surface area contributed by atoms with Gasteiger partial charge in [0.05, 0.1) is 16.3 Å². The number of ether oxygens (including phenoxy) is 2. The third-order valence-electron chi connectivity index (χ3n) is 6.17. The van der Waals surface area contributed by atoms with Crippen LogP contribution in [0.25, 0.3) is 21.6 Å². The van der Waals surface area contributed by atoms with E-state index in [9.17, 15) is 9.59 Å². The predicted molar refractivity (Wildman–Crippen MR) is 147 cm³/mol. The van der Waals surface area contributed by atoms with Gasteiger partial charge >= 0.3 is 6.09 Å². The molecule has 2 atom stereocenters. The summed E-state index contributed by atoms with van der Waals surface area (Å²) in [6.45, 7) is 8.26. The van der Waals surface area contributed by atoms with Crippen LogP contribution in [0.4, 0.5) is 10.5 Å². The van der Waals surface area contributed by atoms with Gasteiger partial charge in [0, 0.05) is 0 Å². The molecule has 0 saturated carbocycles. The van der Waals surface area contributed by atoms with Gasteiger partial charge in [-0.3, -0.25) is 10.1 Å². The predicted octanol–water partition coefficient (Wildman–Crippen LogP) is 7.97. The topological polar surface area (TPSA) is 77.5 Å². The summed E-state index contributed by atoms with van der Waals surface area (Å²) in [6, 6.07) is 25.8. The molecule has 4 aromatic rings. The molecule has 37 heavy (non-hydrogen) atoms. The van der Waals surface area contributed by atoms with Gasteiger partial charge in [0.2, 0.25) is 0 Å². The van der Waals surface area contributed by atoms with E-state index < -0.39 is 6.09 Å². The Morgan fingerprint density at radius 1 is 0.865 bits per heavy atom. The van der Waals surface area contributed by atoms with Crippen LogP contribution in [0.15, 0.2) is 78.9 Å². The number of rotatable bonds is 9. The highest BCUT2D eigenvalue weighted by Gasteiger charge is 2.19. The van der Waals surface area contributed by atoms with Gasteiger partial charge in [-0.15, -0.1) is 0 Å². The SMILES string of the molecule is Cc1nsc(-c2ccc(-c3ccc([C@H](OC=O)C(C)C)cc3)cc2)c1NC(=O)O[C@H](C)c1ccccc1. The number of anilines is 1. The maximum Gasteiger partial charge on any atom is 0.412 e. The molecule has 3 aromatic carbocycles. The smallest absolute Gasteiger partial charge is 0.412 e. The van der Waals surface area contributed by atoms with E-state index >= 15 is 0 Å². The van der Waals surface area contributed by atoms with E-state index in [-0.39, 0.29) is 18.1 Å². The molecule has 1 aromatic heterocycles. The zero-order chi connectivity index (χ0) is 26.4. The van der Waals surface area contributed by atoms with Crippen LogP contribution < -0.4 is 5.32 Å². The largest absolute Gasteiger partial charge is 0.459 e. The summed E-state index contributed by atoms with van der Waals surface area (Å²) in [4.78, 5) is 24.4. The fourth-order valence-electron chi connectivity index (χ4n) is 4.16. The number of aromatic nitrogens is 1. The number of nitrogens with zero attached hydrogens (tertiary/aromatic N) is 1. The number of benzene rings is 3. The van der Waals surface area contributed by atoms with Crippen molar-refractivity contribution in [3.63, 3.8) is 0 Å². The van der Waals surface area contributed by atoms with E-state index in [0.717, 1.165) is 38.4 Å². The van der Waals surface area contributed by atoms with E-state index in [1.165, 1.54) is 11.5 Å². The monoisotopic (exact) mass is 514 g/mol. The van der Waals surface area contributed by atoms with Crippen molar-refractivity contribution in [3.05, 3.63) is 95.7 Å². The minimum Gasteiger partial charge on any atom is -0.459 e. The Morgan fingerprint density at radius 3 is 2.05 bits per heavy atom. The molecule has 0 fully saturated rings. The number of aryl methyl sites for hydroxylation is 1. The van der Waals surface area contributed by atoms with Crippen molar-refractivity contribution < 1.29 is 19.1 Å². The van der Waals surface area contributed by atoms with E-state index in [0.29, 0.717) is 12.2 Å². The summed E-state index contributed by atoms with van der Waals surface area (Å²) in [5.74, 6) is 0.180. The lowest BCUT2D eigenvalue weighted by Gasteiger charge is -2.19. The molecular formula is C30H30N2O4S. The normalized spacial score (nSPS) is 12.6. The third kappa shape index (κ3) is 6.24. The second kappa shape index (κ2) is 11.8. The zero-order valence-corrected chi connectivity index (χ0v) is 22.1. The maximum atomic E-state index is 12.6. The first kappa shape index (κ1) is 26.1. The first-order valence-electron chi connectivity index (χ1n) is 12.2. The molecule has 1 heterocycles. The summed E-state index contributed by atoms with van der Waals surface area (Å²) >= 11 is 1.34. The number of carbonyl (C=O) groups excluding carboxylic acids is 2. The second-order valence-corrected chi connectivity index (χ2v) is 9.93. The molecule has 0 bridgehead atoms. The van der Waals surface area contributed by atoms with Crippen LogP contribution in [0, 0.1) is 12.8 Å². The Hall–Kier alpha value is -3.97. The van der Waals surface area contributed by atoms with Crippen LogP contribution in [0.5, 0.6) is 0 Å². The number of hydrogen-bond donors (Lipinski definition) is 1. The first-order chi connectivity index (χ1) is 17.9. The average Bonchev–Trinajstić information content (AvgIpc) is 3.27. The second-order valence-electron chi connectivity index (χ2n) is 9.15. The van der Waals surface area contributed by atoms with Gasteiger partial charge in [-0.2, -0.15) is 4.37 Å². The van der Waals surface area contributed by atoms with E-state index in [1.54, 1.807) is 0 Å². The van der Waals surface area contributed by atoms with E-state index in [4.69, 9.17) is 9.47 Å². The number of hydrogen-bond acceptors (Lipinski definition) is 6. The number of amides is 1. The number of carbonyl (C=O) groups is 2. The van der Waals surface area contributed by atoms with Crippen LogP contribution in [-0.4, -0.2) is 16.9 Å². The van der Waals surface area contributed by atoms with Crippen molar-refractivity contribution in [3.8, 4) is 21.6 Å². The molecule has 190 valence electrons. The maximum absolute atomic E-state index is 12.6. The van der Waals surface area contributed by atoms with Crippen LogP contribution >= 0.6 is 11.5 Å². The molecule has 0 spiro atoms. The molecule has 1 N–H and O–H groups in total. The zero-order valence-electron chi connectivity index (χ0n) is 21.3. The molecule has 0 saturated heterocycles. The lowest BCUT2D eigenvalue weighted by molar-refractivity contribution is -0.136. The van der Waals surface area contributed by atoms with E-state index in [2.05, 4.69) is 9.69 Å². The van der Waals surface area contributed by atoms with Crippen molar-refractivity contribution in [1.82, 2.24) is 4.37 Å². The Labute approximate surface area is 221 Å². The van der Waals surface area contributed by atoms with Crippen molar-refractivity contribution in [2.75, 3.05) is 5.32 Å². The van der Waals surface area contributed by atoms with Crippen LogP contribution in [-0.2, 0) is 14.3 Å². The Kier molecular flexibility index (Phi) is 8.36. The van der Waals surface area contributed by atoms with Gasteiger partial charge in [0.25, 0.3) is 6.47 Å². The van der Waals surface area contributed by atoms with Gasteiger partial charge < -0.3 is 9.47 Å². The molecule has 7 heteroatoms. The molecule has 0 unspecified atom stereocenters. The number of nitrogens with one attached hydrogen (secondary N) is 1. The minimum atomic E-state index is -0.518. The highest BCUT2D eigenvalue weighted by molar-refractivity contribution is 7.10. The minimum absolute atomic E-state index is 0.180. The average molecular weight is 515 g/mol. The molecule has 4 rings (SSSR count). The molecule has 0 radical (unpaired) electrons. The van der Waals surface area contributed by atoms with Crippen molar-refractivity contribution in [2.24, 2.45) is 5.92 Å². The molecule has 0 aliphatic heterocycles. The summed E-state index contributed by atoms with van der Waals surface area (Å²) in [6.07, 6.45) is -1.16. The van der Waals surface area contributed by atoms with Crippen LogP contribution in [0.1, 0.15) is 49.8 Å². The Bertz CT molecular complexity index is 1330. The summed E-state index contributed by atoms with van der Waals surface area (Å²) < 4.78 is 15.3. The summed E-state index contributed by atoms with van der Waals surface area (Å²) in [7, 11) is 0. The molecule has 1 amide bonds. The summed E-state index contributed by atoms with van der Waals surface area (Å²) in [5, 5.41) is 2.89. The highest BCUT2D eigenvalue weighted by Crippen LogP contribution is 2.36. The Morgan fingerprint density at radius 2 is 1.46 bits per heavy atom. The highest BCUT2D eigenvalue weighted by atomic mass is 32.1. The quantitative estimate of drug-likeness (QED) is 0.229. The lowest BCUT2D eigenvalue weighted by atomic mass is 9.96. The summed E-state index contributed by atoms with van der Waals surface area (Å²) in [5.41, 5.74) is 6.35. The third-order valence-corrected chi connectivity index (χ3v) is 7.16. The van der Waals surface area contributed by atoms with Gasteiger partial charge in [-0.1, -0.05) is 92.7 Å². The van der Waals surface area contributed by atoms with Gasteiger partial charge in [0.1, 0.15) is 12.2 Å². The van der Waals surface area contributed by atoms with Gasteiger partial charge in [-0.05, 0) is 59.1 Å². The molecule has 0 aliphatic rings.